The number of rotatable bonds is 2. The molecule has 0 spiro atoms. The van der Waals surface area contributed by atoms with Crippen LogP contribution in [0.3, 0.4) is 0 Å². The topological polar surface area (TPSA) is 47.4 Å². The molecule has 0 saturated heterocycles. The van der Waals surface area contributed by atoms with E-state index in [0.29, 0.717) is 18.1 Å². The highest BCUT2D eigenvalue weighted by molar-refractivity contribution is 9.10. The number of aromatic nitrogens is 2. The Hall–Kier alpha value is -1.18. The quantitative estimate of drug-likeness (QED) is 0.614. The Morgan fingerprint density at radius 3 is 2.81 bits per heavy atom. The first kappa shape index (κ1) is 19.6. The van der Waals surface area contributed by atoms with Crippen molar-refractivity contribution >= 4 is 45.4 Å². The van der Waals surface area contributed by atoms with E-state index in [-0.39, 0.29) is 6.09 Å². The molecule has 0 fully saturated rings. The van der Waals surface area contributed by atoms with Gasteiger partial charge in [0.05, 0.1) is 17.3 Å². The molecular weight excluding hydrogens is 438 g/mol. The van der Waals surface area contributed by atoms with E-state index in [0.717, 1.165) is 32.3 Å². The normalized spacial score (nSPS) is 14.3. The summed E-state index contributed by atoms with van der Waals surface area (Å²) in [5.41, 5.74) is 1.57. The third-order valence-electron chi connectivity index (χ3n) is 3.98. The summed E-state index contributed by atoms with van der Waals surface area (Å²) in [5, 5.41) is 1.54. The van der Waals surface area contributed by atoms with Crippen molar-refractivity contribution in [3.8, 4) is 0 Å². The molecule has 1 aliphatic heterocycles. The lowest BCUT2D eigenvalue weighted by molar-refractivity contribution is 0.0220. The Kier molecular flexibility index (Phi) is 5.61. The molecule has 5 nitrogen and oxygen atoms in total. The Labute approximate surface area is 171 Å². The molecule has 1 aliphatic rings. The summed E-state index contributed by atoms with van der Waals surface area (Å²) in [4.78, 5) is 19.7. The summed E-state index contributed by atoms with van der Waals surface area (Å²) in [7, 11) is 2.00. The summed E-state index contributed by atoms with van der Waals surface area (Å²) >= 11 is 11.3. The number of halogens is 2. The molecule has 2 aromatic rings. The Morgan fingerprint density at radius 2 is 2.12 bits per heavy atom. The number of benzene rings is 1. The van der Waals surface area contributed by atoms with Crippen LogP contribution in [0.25, 0.3) is 0 Å². The van der Waals surface area contributed by atoms with Crippen molar-refractivity contribution < 1.29 is 9.53 Å². The minimum atomic E-state index is -0.500. The predicted octanol–water partition coefficient (Wildman–Crippen LogP) is 5.28. The minimum Gasteiger partial charge on any atom is -0.444 e. The van der Waals surface area contributed by atoms with E-state index in [1.54, 1.807) is 4.90 Å². The predicted molar refractivity (Wildman–Crippen MR) is 107 cm³/mol. The molecule has 0 unspecified atom stereocenters. The van der Waals surface area contributed by atoms with Crippen LogP contribution in [0.1, 0.15) is 32.2 Å². The van der Waals surface area contributed by atoms with Gasteiger partial charge >= 0.3 is 6.09 Å². The number of carbonyl (C=O) groups is 1. The van der Waals surface area contributed by atoms with Gasteiger partial charge in [-0.3, -0.25) is 0 Å². The number of ether oxygens (including phenoxy) is 1. The number of nitrogens with zero attached hydrogens (tertiary/aromatic N) is 3. The molecule has 0 saturated carbocycles. The Bertz CT molecular complexity index is 848. The number of imidazole rings is 1. The maximum Gasteiger partial charge on any atom is 0.410 e. The standard InChI is InChI=1S/C18H21BrClN3O2S/c1-18(2,3)25-17(24)23-9-8-13-12(10-23)21-16(22(13)4)26-14-7-5-6-11(19)15(14)20/h5-7H,8-10H2,1-4H3. The fourth-order valence-corrected chi connectivity index (χ4v) is 4.42. The lowest BCUT2D eigenvalue weighted by Crippen LogP contribution is -2.40. The van der Waals surface area contributed by atoms with Crippen LogP contribution < -0.4 is 0 Å². The van der Waals surface area contributed by atoms with Crippen molar-refractivity contribution in [1.29, 1.82) is 0 Å². The zero-order valence-corrected chi connectivity index (χ0v) is 18.3. The molecule has 2 heterocycles. The SMILES string of the molecule is Cn1c(Sc2cccc(Br)c2Cl)nc2c1CCN(C(=O)OC(C)(C)C)C2. The summed E-state index contributed by atoms with van der Waals surface area (Å²) in [5.74, 6) is 0. The van der Waals surface area contributed by atoms with Crippen LogP contribution in [0.4, 0.5) is 4.79 Å². The number of hydrogen-bond donors (Lipinski definition) is 0. The Balaban J connectivity index is 1.80. The third kappa shape index (κ3) is 4.21. The molecule has 0 bridgehead atoms. The van der Waals surface area contributed by atoms with Crippen molar-refractivity contribution in [2.24, 2.45) is 7.05 Å². The van der Waals surface area contributed by atoms with E-state index in [2.05, 4.69) is 20.5 Å². The van der Waals surface area contributed by atoms with Crippen LogP contribution in [-0.4, -0.2) is 32.7 Å². The highest BCUT2D eigenvalue weighted by Crippen LogP contribution is 2.37. The maximum atomic E-state index is 12.3. The highest BCUT2D eigenvalue weighted by Gasteiger charge is 2.29. The zero-order valence-electron chi connectivity index (χ0n) is 15.2. The monoisotopic (exact) mass is 457 g/mol. The van der Waals surface area contributed by atoms with E-state index in [1.807, 2.05) is 46.0 Å². The van der Waals surface area contributed by atoms with Gasteiger partial charge in [-0.25, -0.2) is 9.78 Å². The molecule has 140 valence electrons. The molecule has 3 rings (SSSR count). The van der Waals surface area contributed by atoms with Gasteiger partial charge in [-0.15, -0.1) is 0 Å². The molecule has 1 amide bonds. The zero-order chi connectivity index (χ0) is 19.1. The van der Waals surface area contributed by atoms with Crippen LogP contribution in [0, 0.1) is 0 Å². The first-order valence-electron chi connectivity index (χ1n) is 8.30. The number of hydrogen-bond acceptors (Lipinski definition) is 4. The lowest BCUT2D eigenvalue weighted by atomic mass is 10.1. The molecular formula is C18H21BrClN3O2S. The van der Waals surface area contributed by atoms with Crippen molar-refractivity contribution in [2.45, 2.75) is 49.4 Å². The first-order valence-corrected chi connectivity index (χ1v) is 10.3. The van der Waals surface area contributed by atoms with Crippen LogP contribution >= 0.6 is 39.3 Å². The van der Waals surface area contributed by atoms with E-state index < -0.39 is 5.60 Å². The van der Waals surface area contributed by atoms with E-state index in [9.17, 15) is 4.79 Å². The molecule has 8 heteroatoms. The van der Waals surface area contributed by atoms with Gasteiger partial charge in [0.2, 0.25) is 0 Å². The fourth-order valence-electron chi connectivity index (χ4n) is 2.74. The minimum absolute atomic E-state index is 0.293. The summed E-state index contributed by atoms with van der Waals surface area (Å²) in [6, 6.07) is 5.83. The van der Waals surface area contributed by atoms with Gasteiger partial charge in [0.25, 0.3) is 0 Å². The van der Waals surface area contributed by atoms with Gasteiger partial charge in [-0.2, -0.15) is 0 Å². The van der Waals surface area contributed by atoms with E-state index in [4.69, 9.17) is 21.3 Å². The number of fused-ring (bicyclic) bond motifs is 1. The second kappa shape index (κ2) is 7.44. The summed E-state index contributed by atoms with van der Waals surface area (Å²) in [6.45, 7) is 6.71. The fraction of sp³-hybridized carbons (Fsp3) is 0.444. The van der Waals surface area contributed by atoms with Crippen molar-refractivity contribution in [3.63, 3.8) is 0 Å². The molecule has 1 aromatic carbocycles. The van der Waals surface area contributed by atoms with Gasteiger partial charge < -0.3 is 14.2 Å². The van der Waals surface area contributed by atoms with Crippen LogP contribution in [0.15, 0.2) is 32.7 Å². The van der Waals surface area contributed by atoms with E-state index in [1.165, 1.54) is 11.8 Å². The smallest absolute Gasteiger partial charge is 0.410 e. The molecule has 26 heavy (non-hydrogen) atoms. The Morgan fingerprint density at radius 1 is 1.38 bits per heavy atom. The summed E-state index contributed by atoms with van der Waals surface area (Å²) in [6.07, 6.45) is 0.461. The van der Waals surface area contributed by atoms with Crippen LogP contribution in [-0.2, 0) is 24.8 Å². The number of carbonyl (C=O) groups excluding carboxylic acids is 1. The van der Waals surface area contributed by atoms with Crippen molar-refractivity contribution in [1.82, 2.24) is 14.5 Å². The van der Waals surface area contributed by atoms with Gasteiger partial charge in [0.15, 0.2) is 5.16 Å². The molecule has 0 N–H and O–H groups in total. The first-order chi connectivity index (χ1) is 12.2. The second-order valence-electron chi connectivity index (χ2n) is 7.15. The third-order valence-corrected chi connectivity index (χ3v) is 6.50. The van der Waals surface area contributed by atoms with Gasteiger partial charge in [0, 0.05) is 35.1 Å². The average Bonchev–Trinajstić information content (AvgIpc) is 2.86. The second-order valence-corrected chi connectivity index (χ2v) is 9.39. The van der Waals surface area contributed by atoms with Gasteiger partial charge in [-0.05, 0) is 48.8 Å². The maximum absolute atomic E-state index is 12.3. The molecule has 1 aromatic heterocycles. The van der Waals surface area contributed by atoms with Gasteiger partial charge in [0.1, 0.15) is 5.60 Å². The molecule has 0 aliphatic carbocycles. The molecule has 0 atom stereocenters. The van der Waals surface area contributed by atoms with Crippen molar-refractivity contribution in [2.75, 3.05) is 6.54 Å². The lowest BCUT2D eigenvalue weighted by Gasteiger charge is -2.29. The van der Waals surface area contributed by atoms with Gasteiger partial charge in [-0.1, -0.05) is 29.4 Å². The largest absolute Gasteiger partial charge is 0.444 e. The highest BCUT2D eigenvalue weighted by atomic mass is 79.9. The van der Waals surface area contributed by atoms with Crippen molar-refractivity contribution in [3.05, 3.63) is 39.1 Å². The number of amides is 1. The van der Waals surface area contributed by atoms with Crippen LogP contribution in [0.2, 0.25) is 5.02 Å². The average molecular weight is 459 g/mol. The molecule has 0 radical (unpaired) electrons. The summed E-state index contributed by atoms with van der Waals surface area (Å²) < 4.78 is 8.43. The van der Waals surface area contributed by atoms with E-state index >= 15 is 0 Å². The van der Waals surface area contributed by atoms with Crippen LogP contribution in [0.5, 0.6) is 0 Å².